The molecule has 1 rings (SSSR count). The van der Waals surface area contributed by atoms with Crippen molar-refractivity contribution in [2.75, 3.05) is 25.0 Å². The quantitative estimate of drug-likeness (QED) is 0.602. The Morgan fingerprint density at radius 3 is 2.56 bits per heavy atom. The van der Waals surface area contributed by atoms with Crippen LogP contribution in [0.15, 0.2) is 22.8 Å². The van der Waals surface area contributed by atoms with Crippen molar-refractivity contribution in [3.63, 3.8) is 0 Å². The van der Waals surface area contributed by atoms with Gasteiger partial charge in [0.1, 0.15) is 11.4 Å². The van der Waals surface area contributed by atoms with Gasteiger partial charge in [0, 0.05) is 43.6 Å². The summed E-state index contributed by atoms with van der Waals surface area (Å²) in [6, 6.07) is 3.45. The van der Waals surface area contributed by atoms with Crippen LogP contribution in [-0.2, 0) is 14.3 Å². The second kappa shape index (κ2) is 10.9. The molecule has 0 saturated carbocycles. The van der Waals surface area contributed by atoms with Crippen LogP contribution in [0.4, 0.5) is 10.6 Å². The predicted octanol–water partition coefficient (Wildman–Crippen LogP) is 2.94. The van der Waals surface area contributed by atoms with Crippen molar-refractivity contribution in [1.82, 2.24) is 15.2 Å². The summed E-state index contributed by atoms with van der Waals surface area (Å²) in [5, 5.41) is 5.37. The van der Waals surface area contributed by atoms with Crippen LogP contribution in [0.25, 0.3) is 0 Å². The number of ether oxygens (including phenoxy) is 1. The molecule has 0 spiro atoms. The van der Waals surface area contributed by atoms with Crippen LogP contribution in [0.2, 0.25) is 0 Å². The molecule has 0 aromatic carbocycles. The summed E-state index contributed by atoms with van der Waals surface area (Å²) in [6.07, 6.45) is 1.76. The molecule has 3 amide bonds. The highest BCUT2D eigenvalue weighted by Gasteiger charge is 2.22. The number of aromatic nitrogens is 1. The van der Waals surface area contributed by atoms with Crippen LogP contribution in [0.5, 0.6) is 0 Å². The zero-order valence-electron chi connectivity index (χ0n) is 16.2. The van der Waals surface area contributed by atoms with Crippen molar-refractivity contribution < 1.29 is 19.1 Å². The van der Waals surface area contributed by atoms with E-state index in [0.29, 0.717) is 25.3 Å². The van der Waals surface area contributed by atoms with E-state index in [2.05, 4.69) is 31.5 Å². The number of anilines is 1. The fraction of sp³-hybridized carbons (Fsp3) is 0.556. The number of halogens is 1. The number of carbonyl (C=O) groups excluding carboxylic acids is 3. The molecule has 0 atom stereocenters. The molecule has 0 radical (unpaired) electrons. The largest absolute Gasteiger partial charge is 0.444 e. The lowest BCUT2D eigenvalue weighted by Gasteiger charge is -2.27. The fourth-order valence-corrected chi connectivity index (χ4v) is 2.41. The monoisotopic (exact) mass is 442 g/mol. The molecule has 0 aliphatic rings. The van der Waals surface area contributed by atoms with Crippen LogP contribution in [0.3, 0.4) is 0 Å². The number of hydrogen-bond acceptors (Lipinski definition) is 5. The van der Waals surface area contributed by atoms with E-state index >= 15 is 0 Å². The van der Waals surface area contributed by atoms with Crippen LogP contribution in [-0.4, -0.2) is 53.0 Å². The van der Waals surface area contributed by atoms with E-state index in [1.807, 2.05) is 0 Å². The molecule has 0 saturated heterocycles. The number of carbonyl (C=O) groups is 3. The third-order valence-corrected chi connectivity index (χ3v) is 3.72. The van der Waals surface area contributed by atoms with E-state index in [-0.39, 0.29) is 24.8 Å². The maximum atomic E-state index is 12.4. The molecule has 8 nitrogen and oxygen atoms in total. The van der Waals surface area contributed by atoms with E-state index in [1.54, 1.807) is 39.1 Å². The molecule has 0 aliphatic carbocycles. The first kappa shape index (κ1) is 22.9. The number of nitrogens with one attached hydrogen (secondary N) is 2. The lowest BCUT2D eigenvalue weighted by molar-refractivity contribution is -0.119. The summed E-state index contributed by atoms with van der Waals surface area (Å²) in [7, 11) is 0. The Labute approximate surface area is 168 Å². The zero-order chi connectivity index (χ0) is 20.4. The maximum absolute atomic E-state index is 12.4. The van der Waals surface area contributed by atoms with Crippen molar-refractivity contribution in [3.05, 3.63) is 22.8 Å². The summed E-state index contributed by atoms with van der Waals surface area (Å²) >= 11 is 3.32. The van der Waals surface area contributed by atoms with Gasteiger partial charge in [-0.1, -0.05) is 15.9 Å². The number of rotatable bonds is 8. The van der Waals surface area contributed by atoms with Gasteiger partial charge in [0.2, 0.25) is 11.8 Å². The molecule has 0 aliphatic heterocycles. The van der Waals surface area contributed by atoms with E-state index in [4.69, 9.17) is 4.74 Å². The second-order valence-corrected chi connectivity index (χ2v) is 7.88. The molecule has 0 unspecified atom stereocenters. The summed E-state index contributed by atoms with van der Waals surface area (Å²) in [6.45, 7) is 7.81. The number of amides is 3. The minimum absolute atomic E-state index is 0.105. The molecule has 0 bridgehead atoms. The molecular formula is C18H27BrN4O4. The van der Waals surface area contributed by atoms with Gasteiger partial charge in [-0.05, 0) is 39.3 Å². The molecule has 1 aromatic heterocycles. The van der Waals surface area contributed by atoms with Gasteiger partial charge in [-0.3, -0.25) is 9.59 Å². The van der Waals surface area contributed by atoms with E-state index in [1.165, 1.54) is 11.8 Å². The second-order valence-electron chi connectivity index (χ2n) is 6.96. The minimum atomic E-state index is -0.630. The average molecular weight is 443 g/mol. The molecule has 2 N–H and O–H groups in total. The normalized spacial score (nSPS) is 10.9. The highest BCUT2D eigenvalue weighted by Crippen LogP contribution is 2.13. The minimum Gasteiger partial charge on any atom is -0.444 e. The molecular weight excluding hydrogens is 416 g/mol. The van der Waals surface area contributed by atoms with Crippen molar-refractivity contribution in [2.45, 2.75) is 46.1 Å². The van der Waals surface area contributed by atoms with Crippen LogP contribution in [0.1, 0.15) is 40.5 Å². The van der Waals surface area contributed by atoms with E-state index in [9.17, 15) is 14.4 Å². The van der Waals surface area contributed by atoms with E-state index in [0.717, 1.165) is 4.47 Å². The fourth-order valence-electron chi connectivity index (χ4n) is 2.07. The van der Waals surface area contributed by atoms with Gasteiger partial charge in [-0.25, -0.2) is 9.78 Å². The number of nitrogens with zero attached hydrogens (tertiary/aromatic N) is 2. The lowest BCUT2D eigenvalue weighted by atomic mass is 10.2. The molecule has 1 aromatic rings. The van der Waals surface area contributed by atoms with Gasteiger partial charge in [0.15, 0.2) is 0 Å². The Balaban J connectivity index is 2.59. The first-order valence-corrected chi connectivity index (χ1v) is 9.50. The predicted molar refractivity (Wildman–Crippen MR) is 106 cm³/mol. The Morgan fingerprint density at radius 2 is 1.96 bits per heavy atom. The Hall–Kier alpha value is -2.16. The van der Waals surface area contributed by atoms with Crippen LogP contribution < -0.4 is 10.6 Å². The summed E-state index contributed by atoms with van der Waals surface area (Å²) in [5.74, 6) is 0.0552. The summed E-state index contributed by atoms with van der Waals surface area (Å²) in [4.78, 5) is 41.0. The van der Waals surface area contributed by atoms with Gasteiger partial charge in [-0.15, -0.1) is 0 Å². The molecule has 0 fully saturated rings. The molecule has 9 heteroatoms. The third kappa shape index (κ3) is 10.5. The van der Waals surface area contributed by atoms with Gasteiger partial charge in [0.05, 0.1) is 0 Å². The smallest absolute Gasteiger partial charge is 0.410 e. The standard InChI is InChI=1S/C18H27BrN4O4/c1-13(24)20-8-5-10-23(17(26)27-18(2,3)4)11-7-16(25)22-15-12-14(19)6-9-21-15/h6,9,12H,5,7-8,10-11H2,1-4H3,(H,20,24)(H,21,22,25). The number of pyridine rings is 1. The highest BCUT2D eigenvalue weighted by molar-refractivity contribution is 9.10. The van der Waals surface area contributed by atoms with Crippen LogP contribution in [0, 0.1) is 0 Å². The maximum Gasteiger partial charge on any atom is 0.410 e. The average Bonchev–Trinajstić information content (AvgIpc) is 2.52. The molecule has 1 heterocycles. The summed E-state index contributed by atoms with van der Waals surface area (Å²) < 4.78 is 6.20. The van der Waals surface area contributed by atoms with Gasteiger partial charge in [-0.2, -0.15) is 0 Å². The topological polar surface area (TPSA) is 101 Å². The van der Waals surface area contributed by atoms with Gasteiger partial charge >= 0.3 is 6.09 Å². The highest BCUT2D eigenvalue weighted by atomic mass is 79.9. The van der Waals surface area contributed by atoms with Crippen molar-refractivity contribution in [3.8, 4) is 0 Å². The summed E-state index contributed by atoms with van der Waals surface area (Å²) in [5.41, 5.74) is -0.630. The Morgan fingerprint density at radius 1 is 1.26 bits per heavy atom. The third-order valence-electron chi connectivity index (χ3n) is 3.23. The van der Waals surface area contributed by atoms with Crippen molar-refractivity contribution >= 4 is 39.7 Å². The Kier molecular flexibility index (Phi) is 9.20. The van der Waals surface area contributed by atoms with Crippen molar-refractivity contribution in [1.29, 1.82) is 0 Å². The molecule has 27 heavy (non-hydrogen) atoms. The lowest BCUT2D eigenvalue weighted by Crippen LogP contribution is -2.40. The Bertz CT molecular complexity index is 661. The van der Waals surface area contributed by atoms with Gasteiger partial charge in [0.25, 0.3) is 0 Å². The first-order valence-electron chi connectivity index (χ1n) is 8.70. The SMILES string of the molecule is CC(=O)NCCCN(CCC(=O)Nc1cc(Br)ccn1)C(=O)OC(C)(C)C. The van der Waals surface area contributed by atoms with Gasteiger partial charge < -0.3 is 20.3 Å². The molecule has 150 valence electrons. The van der Waals surface area contributed by atoms with E-state index < -0.39 is 11.7 Å². The first-order chi connectivity index (χ1) is 12.6. The zero-order valence-corrected chi connectivity index (χ0v) is 17.8. The van der Waals surface area contributed by atoms with Crippen molar-refractivity contribution in [2.24, 2.45) is 0 Å². The number of hydrogen-bond donors (Lipinski definition) is 2. The van der Waals surface area contributed by atoms with Crippen LogP contribution >= 0.6 is 15.9 Å².